The molecule has 0 aliphatic heterocycles. The molecule has 2 aromatic heterocycles. The molecule has 0 saturated heterocycles. The monoisotopic (exact) mass is 225 g/mol. The first-order chi connectivity index (χ1) is 7.20. The third kappa shape index (κ3) is 1.64. The standard InChI is InChI=1S/C7H4ClN5O2/c8-7-5(13(14)15)3-11-12(7)6-4-9-1-2-10-6/h1-4H. The Hall–Kier alpha value is -2.02. The number of halogens is 1. The summed E-state index contributed by atoms with van der Waals surface area (Å²) in [4.78, 5) is 17.6. The molecule has 0 amide bonds. The fourth-order valence-electron chi connectivity index (χ4n) is 1.01. The van der Waals surface area contributed by atoms with E-state index in [1.54, 1.807) is 0 Å². The number of rotatable bonds is 2. The molecule has 0 aromatic carbocycles. The number of aromatic nitrogens is 4. The lowest BCUT2D eigenvalue weighted by Gasteiger charge is -1.98. The van der Waals surface area contributed by atoms with E-state index in [2.05, 4.69) is 15.1 Å². The van der Waals surface area contributed by atoms with Crippen LogP contribution in [-0.2, 0) is 0 Å². The zero-order chi connectivity index (χ0) is 10.8. The van der Waals surface area contributed by atoms with Gasteiger partial charge in [0.2, 0.25) is 5.15 Å². The molecule has 15 heavy (non-hydrogen) atoms. The maximum absolute atomic E-state index is 10.5. The van der Waals surface area contributed by atoms with Crippen LogP contribution in [0.2, 0.25) is 5.15 Å². The summed E-state index contributed by atoms with van der Waals surface area (Å²) >= 11 is 5.74. The maximum atomic E-state index is 10.5. The first-order valence-corrected chi connectivity index (χ1v) is 4.22. The van der Waals surface area contributed by atoms with Crippen molar-refractivity contribution in [2.24, 2.45) is 0 Å². The summed E-state index contributed by atoms with van der Waals surface area (Å²) in [6, 6.07) is 0. The predicted octanol–water partition coefficient (Wildman–Crippen LogP) is 1.22. The van der Waals surface area contributed by atoms with Crippen LogP contribution in [-0.4, -0.2) is 24.7 Å². The summed E-state index contributed by atoms with van der Waals surface area (Å²) in [5.74, 6) is 0.329. The van der Waals surface area contributed by atoms with E-state index in [1.807, 2.05) is 0 Å². The summed E-state index contributed by atoms with van der Waals surface area (Å²) in [7, 11) is 0. The highest BCUT2D eigenvalue weighted by atomic mass is 35.5. The van der Waals surface area contributed by atoms with Crippen LogP contribution >= 0.6 is 11.6 Å². The van der Waals surface area contributed by atoms with Crippen LogP contribution in [0.1, 0.15) is 0 Å². The molecular formula is C7H4ClN5O2. The molecule has 76 valence electrons. The van der Waals surface area contributed by atoms with Gasteiger partial charge in [0.15, 0.2) is 5.82 Å². The Morgan fingerprint density at radius 2 is 2.20 bits per heavy atom. The first-order valence-electron chi connectivity index (χ1n) is 3.84. The molecule has 0 radical (unpaired) electrons. The van der Waals surface area contributed by atoms with Crippen molar-refractivity contribution in [3.05, 3.63) is 40.1 Å². The van der Waals surface area contributed by atoms with E-state index in [9.17, 15) is 10.1 Å². The molecule has 0 spiro atoms. The molecule has 0 aliphatic rings. The average molecular weight is 226 g/mol. The minimum atomic E-state index is -0.609. The lowest BCUT2D eigenvalue weighted by atomic mass is 10.6. The van der Waals surface area contributed by atoms with Crippen molar-refractivity contribution in [2.45, 2.75) is 0 Å². The number of hydrogen-bond acceptors (Lipinski definition) is 5. The van der Waals surface area contributed by atoms with Crippen molar-refractivity contribution in [3.8, 4) is 5.82 Å². The van der Waals surface area contributed by atoms with Crippen molar-refractivity contribution < 1.29 is 4.92 Å². The van der Waals surface area contributed by atoms with Gasteiger partial charge in [-0.3, -0.25) is 15.1 Å². The van der Waals surface area contributed by atoms with Gasteiger partial charge in [0, 0.05) is 12.4 Å². The van der Waals surface area contributed by atoms with E-state index >= 15 is 0 Å². The molecule has 0 N–H and O–H groups in total. The van der Waals surface area contributed by atoms with Gasteiger partial charge in [-0.2, -0.15) is 9.78 Å². The Morgan fingerprint density at radius 1 is 1.40 bits per heavy atom. The normalized spacial score (nSPS) is 10.2. The van der Waals surface area contributed by atoms with Crippen LogP contribution in [0.15, 0.2) is 24.8 Å². The summed E-state index contributed by atoms with van der Waals surface area (Å²) in [5, 5.41) is 14.1. The van der Waals surface area contributed by atoms with Crippen molar-refractivity contribution in [1.29, 1.82) is 0 Å². The third-order valence-electron chi connectivity index (χ3n) is 1.66. The molecule has 0 fully saturated rings. The molecule has 7 nitrogen and oxygen atoms in total. The van der Waals surface area contributed by atoms with Crippen LogP contribution in [0, 0.1) is 10.1 Å². The van der Waals surface area contributed by atoms with Gasteiger partial charge in [-0.25, -0.2) is 4.98 Å². The van der Waals surface area contributed by atoms with E-state index in [-0.39, 0.29) is 10.8 Å². The van der Waals surface area contributed by atoms with Crippen molar-refractivity contribution in [2.75, 3.05) is 0 Å². The second-order valence-corrected chi connectivity index (χ2v) is 2.91. The Kier molecular flexibility index (Phi) is 2.30. The minimum Gasteiger partial charge on any atom is -0.259 e. The molecule has 0 bridgehead atoms. The summed E-state index contributed by atoms with van der Waals surface area (Å²) in [6.45, 7) is 0. The van der Waals surface area contributed by atoms with Gasteiger partial charge in [-0.15, -0.1) is 0 Å². The SMILES string of the molecule is O=[N+]([O-])c1cnn(-c2cnccn2)c1Cl. The lowest BCUT2D eigenvalue weighted by molar-refractivity contribution is -0.384. The van der Waals surface area contributed by atoms with Crippen molar-refractivity contribution in [3.63, 3.8) is 0 Å². The number of nitro groups is 1. The largest absolute Gasteiger partial charge is 0.326 e. The van der Waals surface area contributed by atoms with Gasteiger partial charge in [0.1, 0.15) is 6.20 Å². The van der Waals surface area contributed by atoms with Crippen LogP contribution in [0.4, 0.5) is 5.69 Å². The number of nitrogens with zero attached hydrogens (tertiary/aromatic N) is 5. The fraction of sp³-hybridized carbons (Fsp3) is 0. The molecule has 2 aromatic rings. The van der Waals surface area contributed by atoms with Crippen LogP contribution in [0.5, 0.6) is 0 Å². The van der Waals surface area contributed by atoms with Crippen LogP contribution in [0.25, 0.3) is 5.82 Å². The topological polar surface area (TPSA) is 86.7 Å². The van der Waals surface area contributed by atoms with Gasteiger partial charge >= 0.3 is 5.69 Å². The molecule has 2 rings (SSSR count). The molecule has 0 unspecified atom stereocenters. The molecule has 0 atom stereocenters. The first kappa shape index (κ1) is 9.53. The zero-order valence-corrected chi connectivity index (χ0v) is 8.00. The Labute approximate surface area is 88.5 Å². The smallest absolute Gasteiger partial charge is 0.259 e. The van der Waals surface area contributed by atoms with Crippen LogP contribution in [0.3, 0.4) is 0 Å². The van der Waals surface area contributed by atoms with E-state index in [4.69, 9.17) is 11.6 Å². The van der Waals surface area contributed by atoms with Gasteiger partial charge in [-0.1, -0.05) is 11.6 Å². The Balaban J connectivity index is 2.52. The van der Waals surface area contributed by atoms with Crippen molar-refractivity contribution in [1.82, 2.24) is 19.7 Å². The van der Waals surface area contributed by atoms with E-state index < -0.39 is 4.92 Å². The van der Waals surface area contributed by atoms with E-state index in [0.717, 1.165) is 10.9 Å². The molecule has 0 saturated carbocycles. The highest BCUT2D eigenvalue weighted by Gasteiger charge is 2.19. The highest BCUT2D eigenvalue weighted by Crippen LogP contribution is 2.24. The fourth-order valence-corrected chi connectivity index (χ4v) is 1.26. The molecule has 0 aliphatic carbocycles. The third-order valence-corrected chi connectivity index (χ3v) is 2.01. The molecule has 8 heteroatoms. The van der Waals surface area contributed by atoms with Gasteiger partial charge in [-0.05, 0) is 0 Å². The molecular weight excluding hydrogens is 222 g/mol. The molecule has 2 heterocycles. The second-order valence-electron chi connectivity index (χ2n) is 2.55. The zero-order valence-electron chi connectivity index (χ0n) is 7.24. The Bertz CT molecular complexity index is 497. The van der Waals surface area contributed by atoms with Gasteiger partial charge in [0.25, 0.3) is 0 Å². The van der Waals surface area contributed by atoms with Gasteiger partial charge < -0.3 is 0 Å². The second kappa shape index (κ2) is 3.62. The predicted molar refractivity (Wildman–Crippen MR) is 50.8 cm³/mol. The summed E-state index contributed by atoms with van der Waals surface area (Å²) in [6.07, 6.45) is 5.40. The Morgan fingerprint density at radius 3 is 2.73 bits per heavy atom. The maximum Gasteiger partial charge on any atom is 0.326 e. The summed E-state index contributed by atoms with van der Waals surface area (Å²) in [5.41, 5.74) is -0.262. The van der Waals surface area contributed by atoms with Crippen LogP contribution < -0.4 is 0 Å². The summed E-state index contributed by atoms with van der Waals surface area (Å²) < 4.78 is 1.15. The quantitative estimate of drug-likeness (QED) is 0.567. The minimum absolute atomic E-state index is 0.0968. The van der Waals surface area contributed by atoms with Gasteiger partial charge in [0.05, 0.1) is 11.1 Å². The van der Waals surface area contributed by atoms with Crippen molar-refractivity contribution >= 4 is 17.3 Å². The average Bonchev–Trinajstić information content (AvgIpc) is 2.61. The highest BCUT2D eigenvalue weighted by molar-refractivity contribution is 6.31. The number of hydrogen-bond donors (Lipinski definition) is 0. The lowest BCUT2D eigenvalue weighted by Crippen LogP contribution is -1.99. The van der Waals surface area contributed by atoms with E-state index in [1.165, 1.54) is 18.6 Å². The van der Waals surface area contributed by atoms with E-state index in [0.29, 0.717) is 5.82 Å².